The number of hydrogen-bond donors (Lipinski definition) is 2. The van der Waals surface area contributed by atoms with Crippen LogP contribution in [-0.4, -0.2) is 32.3 Å². The third-order valence-corrected chi connectivity index (χ3v) is 4.50. The zero-order valence-electron chi connectivity index (χ0n) is 11.5. The molecule has 1 aromatic carbocycles. The number of aliphatic hydroxyl groups is 1. The first-order chi connectivity index (χ1) is 8.80. The molecule has 19 heavy (non-hydrogen) atoms. The number of hydrogen-bond acceptors (Lipinski definition) is 4. The Labute approximate surface area is 114 Å². The van der Waals surface area contributed by atoms with Gasteiger partial charge in [-0.25, -0.2) is 13.1 Å². The minimum Gasteiger partial charge on any atom is -0.491 e. The van der Waals surface area contributed by atoms with Crippen molar-refractivity contribution in [3.05, 3.63) is 24.3 Å². The van der Waals surface area contributed by atoms with Gasteiger partial charge >= 0.3 is 0 Å². The molecular weight excluding hydrogens is 266 g/mol. The van der Waals surface area contributed by atoms with Crippen LogP contribution in [0, 0.1) is 0 Å². The van der Waals surface area contributed by atoms with E-state index in [1.165, 1.54) is 12.1 Å². The lowest BCUT2D eigenvalue weighted by Crippen LogP contribution is -2.42. The van der Waals surface area contributed by atoms with E-state index in [4.69, 9.17) is 9.84 Å². The summed E-state index contributed by atoms with van der Waals surface area (Å²) in [4.78, 5) is 0.199. The van der Waals surface area contributed by atoms with Gasteiger partial charge in [-0.1, -0.05) is 6.92 Å². The monoisotopic (exact) mass is 287 g/mol. The van der Waals surface area contributed by atoms with Gasteiger partial charge in [0.25, 0.3) is 0 Å². The van der Waals surface area contributed by atoms with Crippen LogP contribution < -0.4 is 9.46 Å². The van der Waals surface area contributed by atoms with Crippen LogP contribution in [0.15, 0.2) is 29.2 Å². The quantitative estimate of drug-likeness (QED) is 0.797. The van der Waals surface area contributed by atoms with Crippen molar-refractivity contribution < 1.29 is 18.3 Å². The Kier molecular flexibility index (Phi) is 5.34. The maximum atomic E-state index is 12.1. The van der Waals surface area contributed by atoms with Gasteiger partial charge in [0.1, 0.15) is 12.4 Å². The zero-order valence-corrected chi connectivity index (χ0v) is 12.3. The molecule has 0 bridgehead atoms. The summed E-state index contributed by atoms with van der Waals surface area (Å²) in [5.41, 5.74) is -0.481. The van der Waals surface area contributed by atoms with E-state index in [1.807, 2.05) is 20.8 Å². The minimum absolute atomic E-state index is 0.0771. The summed E-state index contributed by atoms with van der Waals surface area (Å²) in [6.07, 6.45) is 0.698. The molecule has 0 aliphatic carbocycles. The average Bonchev–Trinajstić information content (AvgIpc) is 2.35. The predicted octanol–water partition coefficient (Wildman–Crippen LogP) is 1.52. The lowest BCUT2D eigenvalue weighted by atomic mass is 10.0. The fourth-order valence-corrected chi connectivity index (χ4v) is 2.86. The molecule has 0 amide bonds. The standard InChI is InChI=1S/C13H21NO4S/c1-4-13(2,3)14-19(16,17)12-7-5-11(6-8-12)18-10-9-15/h5-8,14-15H,4,9-10H2,1-3H3. The molecule has 1 rings (SSSR count). The van der Waals surface area contributed by atoms with E-state index < -0.39 is 15.6 Å². The topological polar surface area (TPSA) is 75.6 Å². The maximum absolute atomic E-state index is 12.1. The van der Waals surface area contributed by atoms with E-state index in [-0.39, 0.29) is 18.1 Å². The number of ether oxygens (including phenoxy) is 1. The van der Waals surface area contributed by atoms with Gasteiger partial charge in [-0.2, -0.15) is 0 Å². The molecule has 0 heterocycles. The fourth-order valence-electron chi connectivity index (χ4n) is 1.37. The van der Waals surface area contributed by atoms with Gasteiger partial charge in [-0.15, -0.1) is 0 Å². The molecule has 0 aromatic heterocycles. The highest BCUT2D eigenvalue weighted by atomic mass is 32.2. The second-order valence-corrected chi connectivity index (χ2v) is 6.57. The van der Waals surface area contributed by atoms with Crippen molar-refractivity contribution in [1.82, 2.24) is 4.72 Å². The molecule has 0 unspecified atom stereocenters. The van der Waals surface area contributed by atoms with E-state index >= 15 is 0 Å². The summed E-state index contributed by atoms with van der Waals surface area (Å²) in [5, 5.41) is 8.64. The van der Waals surface area contributed by atoms with Crippen LogP contribution in [0.4, 0.5) is 0 Å². The normalized spacial score (nSPS) is 12.4. The second-order valence-electron chi connectivity index (χ2n) is 4.89. The largest absolute Gasteiger partial charge is 0.491 e. The van der Waals surface area contributed by atoms with Gasteiger partial charge in [-0.05, 0) is 44.5 Å². The van der Waals surface area contributed by atoms with E-state index in [0.717, 1.165) is 0 Å². The van der Waals surface area contributed by atoms with Crippen molar-refractivity contribution in [2.45, 2.75) is 37.6 Å². The Balaban J connectivity index is 2.85. The predicted molar refractivity (Wildman–Crippen MR) is 73.7 cm³/mol. The molecule has 0 saturated heterocycles. The molecule has 1 aromatic rings. The SMILES string of the molecule is CCC(C)(C)NS(=O)(=O)c1ccc(OCCO)cc1. The summed E-state index contributed by atoms with van der Waals surface area (Å²) < 4.78 is 32.1. The van der Waals surface area contributed by atoms with Gasteiger partial charge < -0.3 is 9.84 Å². The van der Waals surface area contributed by atoms with Crippen molar-refractivity contribution in [2.24, 2.45) is 0 Å². The third kappa shape index (κ3) is 4.81. The Morgan fingerprint density at radius 2 is 1.84 bits per heavy atom. The average molecular weight is 287 g/mol. The Hall–Kier alpha value is -1.11. The summed E-state index contributed by atoms with van der Waals surface area (Å²) in [6, 6.07) is 6.12. The van der Waals surface area contributed by atoms with Crippen LogP contribution in [0.2, 0.25) is 0 Å². The smallest absolute Gasteiger partial charge is 0.241 e. The highest BCUT2D eigenvalue weighted by Gasteiger charge is 2.24. The van der Waals surface area contributed by atoms with Crippen LogP contribution in [0.25, 0.3) is 0 Å². The molecule has 6 heteroatoms. The Morgan fingerprint density at radius 3 is 2.32 bits per heavy atom. The molecule has 0 fully saturated rings. The van der Waals surface area contributed by atoms with Crippen molar-refractivity contribution in [2.75, 3.05) is 13.2 Å². The third-order valence-electron chi connectivity index (χ3n) is 2.79. The van der Waals surface area contributed by atoms with Crippen LogP contribution in [-0.2, 0) is 10.0 Å². The van der Waals surface area contributed by atoms with E-state index in [1.54, 1.807) is 12.1 Å². The van der Waals surface area contributed by atoms with Crippen LogP contribution in [0.3, 0.4) is 0 Å². The van der Waals surface area contributed by atoms with Crippen molar-refractivity contribution >= 4 is 10.0 Å². The van der Waals surface area contributed by atoms with Gasteiger partial charge in [0.2, 0.25) is 10.0 Å². The molecule has 5 nitrogen and oxygen atoms in total. The van der Waals surface area contributed by atoms with Crippen LogP contribution in [0.1, 0.15) is 27.2 Å². The molecule has 0 saturated carbocycles. The van der Waals surface area contributed by atoms with Gasteiger partial charge in [-0.3, -0.25) is 0 Å². The van der Waals surface area contributed by atoms with Gasteiger partial charge in [0, 0.05) is 5.54 Å². The summed E-state index contributed by atoms with van der Waals surface area (Å²) in [5.74, 6) is 0.530. The number of nitrogens with one attached hydrogen (secondary N) is 1. The molecule has 0 atom stereocenters. The van der Waals surface area contributed by atoms with Crippen LogP contribution >= 0.6 is 0 Å². The Morgan fingerprint density at radius 1 is 1.26 bits per heavy atom. The first-order valence-electron chi connectivity index (χ1n) is 6.18. The summed E-state index contributed by atoms with van der Waals surface area (Å²) in [7, 11) is -3.52. The second kappa shape index (κ2) is 6.36. The zero-order chi connectivity index (χ0) is 14.5. The summed E-state index contributed by atoms with van der Waals surface area (Å²) >= 11 is 0. The van der Waals surface area contributed by atoms with E-state index in [9.17, 15) is 8.42 Å². The molecule has 2 N–H and O–H groups in total. The number of sulfonamides is 1. The van der Waals surface area contributed by atoms with Gasteiger partial charge in [0.15, 0.2) is 0 Å². The number of benzene rings is 1. The van der Waals surface area contributed by atoms with E-state index in [0.29, 0.717) is 12.2 Å². The number of rotatable bonds is 7. The lowest BCUT2D eigenvalue weighted by molar-refractivity contribution is 0.201. The molecule has 0 aliphatic rings. The molecule has 0 radical (unpaired) electrons. The van der Waals surface area contributed by atoms with Gasteiger partial charge in [0.05, 0.1) is 11.5 Å². The lowest BCUT2D eigenvalue weighted by Gasteiger charge is -2.24. The molecule has 0 aliphatic heterocycles. The fraction of sp³-hybridized carbons (Fsp3) is 0.538. The Bertz CT molecular complexity index is 494. The van der Waals surface area contributed by atoms with Crippen molar-refractivity contribution in [1.29, 1.82) is 0 Å². The maximum Gasteiger partial charge on any atom is 0.241 e. The molecular formula is C13H21NO4S. The van der Waals surface area contributed by atoms with Crippen molar-refractivity contribution in [3.8, 4) is 5.75 Å². The number of aliphatic hydroxyl groups excluding tert-OH is 1. The highest BCUT2D eigenvalue weighted by molar-refractivity contribution is 7.89. The first kappa shape index (κ1) is 15.9. The van der Waals surface area contributed by atoms with Crippen LogP contribution in [0.5, 0.6) is 5.75 Å². The van der Waals surface area contributed by atoms with E-state index in [2.05, 4.69) is 4.72 Å². The summed E-state index contributed by atoms with van der Waals surface area (Å²) in [6.45, 7) is 5.71. The minimum atomic E-state index is -3.52. The highest BCUT2D eigenvalue weighted by Crippen LogP contribution is 2.18. The molecule has 108 valence electrons. The van der Waals surface area contributed by atoms with Crippen molar-refractivity contribution in [3.63, 3.8) is 0 Å². The molecule has 0 spiro atoms. The first-order valence-corrected chi connectivity index (χ1v) is 7.67.